The second-order valence-electron chi connectivity index (χ2n) is 3.40. The lowest BCUT2D eigenvalue weighted by Crippen LogP contribution is -2.40. The van der Waals surface area contributed by atoms with E-state index in [0.29, 0.717) is 17.4 Å². The highest BCUT2D eigenvalue weighted by atomic mass is 19.1. The van der Waals surface area contributed by atoms with Gasteiger partial charge in [-0.05, 0) is 6.92 Å². The second-order valence-corrected chi connectivity index (χ2v) is 3.40. The van der Waals surface area contributed by atoms with Crippen molar-refractivity contribution in [3.05, 3.63) is 32.9 Å². The highest BCUT2D eigenvalue weighted by Gasteiger charge is 2.12. The number of aromatic amines is 1. The molecule has 0 aliphatic heterocycles. The van der Waals surface area contributed by atoms with E-state index < -0.39 is 35.6 Å². The smallest absolute Gasteiger partial charge is 0.409 e. The van der Waals surface area contributed by atoms with Crippen molar-refractivity contribution in [2.24, 2.45) is 0 Å². The molecule has 20 heavy (non-hydrogen) atoms. The number of ether oxygens (including phenoxy) is 2. The minimum atomic E-state index is -1.29. The predicted octanol–water partition coefficient (Wildman–Crippen LogP) is -0.964. The van der Waals surface area contributed by atoms with Crippen LogP contribution in [0.5, 0.6) is 0 Å². The molecule has 0 atom stereocenters. The van der Waals surface area contributed by atoms with Crippen molar-refractivity contribution < 1.29 is 23.5 Å². The van der Waals surface area contributed by atoms with Crippen molar-refractivity contribution in [1.29, 1.82) is 0 Å². The van der Waals surface area contributed by atoms with Gasteiger partial charge in [-0.3, -0.25) is 14.6 Å². The minimum absolute atomic E-state index is 0.288. The van der Waals surface area contributed by atoms with E-state index in [1.165, 1.54) is 0 Å². The molecule has 0 aromatic carbocycles. The summed E-state index contributed by atoms with van der Waals surface area (Å²) in [5.74, 6) is -2.24. The molecular weight excluding hydrogens is 277 g/mol. The van der Waals surface area contributed by atoms with Crippen LogP contribution in [-0.4, -0.2) is 41.5 Å². The monoisotopic (exact) mass is 289 g/mol. The third-order valence-corrected chi connectivity index (χ3v) is 2.03. The van der Waals surface area contributed by atoms with Gasteiger partial charge in [0.2, 0.25) is 5.82 Å². The Bertz CT molecular complexity index is 608. The van der Waals surface area contributed by atoms with Crippen LogP contribution in [0.15, 0.2) is 15.8 Å². The summed E-state index contributed by atoms with van der Waals surface area (Å²) in [4.78, 5) is 46.2. The summed E-state index contributed by atoms with van der Waals surface area (Å²) in [5, 5.41) is 2.04. The number of rotatable bonds is 5. The van der Waals surface area contributed by atoms with Gasteiger partial charge < -0.3 is 14.8 Å². The first kappa shape index (κ1) is 15.6. The Hall–Kier alpha value is -2.49. The Morgan fingerprint density at radius 2 is 2.15 bits per heavy atom. The average molecular weight is 289 g/mol. The fraction of sp³-hybridized carbons (Fsp3) is 0.400. The number of nitrogens with zero attached hydrogens (tertiary/aromatic N) is 1. The summed E-state index contributed by atoms with van der Waals surface area (Å²) in [6.45, 7) is 1.14. The Morgan fingerprint density at radius 1 is 1.45 bits per heavy atom. The predicted molar refractivity (Wildman–Crippen MR) is 62.9 cm³/mol. The molecule has 2 N–H and O–H groups in total. The van der Waals surface area contributed by atoms with Crippen molar-refractivity contribution in [3.8, 4) is 0 Å². The fourth-order valence-corrected chi connectivity index (χ4v) is 1.10. The van der Waals surface area contributed by atoms with E-state index in [1.54, 1.807) is 11.9 Å². The maximum atomic E-state index is 12.9. The zero-order valence-corrected chi connectivity index (χ0v) is 10.5. The lowest BCUT2D eigenvalue weighted by Gasteiger charge is -2.07. The highest BCUT2D eigenvalue weighted by Crippen LogP contribution is 1.85. The van der Waals surface area contributed by atoms with Crippen molar-refractivity contribution in [2.45, 2.75) is 6.92 Å². The maximum absolute atomic E-state index is 12.9. The van der Waals surface area contributed by atoms with Crippen molar-refractivity contribution in [1.82, 2.24) is 14.9 Å². The summed E-state index contributed by atoms with van der Waals surface area (Å²) in [6, 6.07) is 0. The summed E-state index contributed by atoms with van der Waals surface area (Å²) in [6.07, 6.45) is -0.499. The first-order valence-electron chi connectivity index (χ1n) is 5.48. The molecule has 0 fully saturated rings. The van der Waals surface area contributed by atoms with E-state index in [4.69, 9.17) is 4.74 Å². The van der Waals surface area contributed by atoms with E-state index in [0.717, 1.165) is 0 Å². The van der Waals surface area contributed by atoms with Gasteiger partial charge in [0.05, 0.1) is 6.20 Å². The molecule has 0 spiro atoms. The summed E-state index contributed by atoms with van der Waals surface area (Å²) in [5.41, 5.74) is -2.34. The van der Waals surface area contributed by atoms with Crippen LogP contribution in [0, 0.1) is 5.82 Å². The molecule has 110 valence electrons. The quantitative estimate of drug-likeness (QED) is 0.532. The Kier molecular flexibility index (Phi) is 5.59. The molecule has 9 nitrogen and oxygen atoms in total. The van der Waals surface area contributed by atoms with Gasteiger partial charge in [-0.25, -0.2) is 14.2 Å². The van der Waals surface area contributed by atoms with Gasteiger partial charge in [-0.15, -0.1) is 0 Å². The number of aromatic nitrogens is 2. The normalized spacial score (nSPS) is 10.1. The van der Waals surface area contributed by atoms with Crippen molar-refractivity contribution in [3.63, 3.8) is 0 Å². The number of alkyl carbamates (subject to hydrolysis) is 1. The average Bonchev–Trinajstić information content (AvgIpc) is 2.40. The molecule has 0 aliphatic carbocycles. The van der Waals surface area contributed by atoms with Gasteiger partial charge >= 0.3 is 11.8 Å². The summed E-state index contributed by atoms with van der Waals surface area (Å²) < 4.78 is 22.5. The van der Waals surface area contributed by atoms with Crippen LogP contribution in [0.2, 0.25) is 0 Å². The summed E-state index contributed by atoms with van der Waals surface area (Å²) >= 11 is 0. The van der Waals surface area contributed by atoms with E-state index >= 15 is 0 Å². The van der Waals surface area contributed by atoms with Gasteiger partial charge in [-0.1, -0.05) is 0 Å². The number of carbonyl (C=O) groups excluding carboxylic acids is 2. The molecule has 1 amide bonds. The number of amides is 1. The van der Waals surface area contributed by atoms with Gasteiger partial charge in [-0.2, -0.15) is 4.39 Å². The SMILES string of the molecule is CCOCOC(=O)NCC(=O)n1cc(F)c(=O)[nH]c1=O. The number of carbonyl (C=O) groups is 2. The number of hydrogen-bond donors (Lipinski definition) is 2. The first-order valence-corrected chi connectivity index (χ1v) is 5.48. The van der Waals surface area contributed by atoms with Crippen LogP contribution in [0.25, 0.3) is 0 Å². The molecule has 0 aliphatic rings. The standard InChI is InChI=1S/C10H12FN3O6/c1-2-19-5-20-10(18)12-3-7(15)14-4-6(11)8(16)13-9(14)17/h4H,2-3,5H2,1H3,(H,12,18)(H,13,16,17). The van der Waals surface area contributed by atoms with E-state index in [1.807, 2.05) is 5.32 Å². The third-order valence-electron chi connectivity index (χ3n) is 2.03. The molecule has 0 bridgehead atoms. The number of hydrogen-bond acceptors (Lipinski definition) is 6. The number of halogens is 1. The zero-order chi connectivity index (χ0) is 15.1. The minimum Gasteiger partial charge on any atom is -0.422 e. The molecule has 0 unspecified atom stereocenters. The van der Waals surface area contributed by atoms with Crippen LogP contribution < -0.4 is 16.6 Å². The van der Waals surface area contributed by atoms with Crippen molar-refractivity contribution >= 4 is 12.0 Å². The highest BCUT2D eigenvalue weighted by molar-refractivity contribution is 5.83. The van der Waals surface area contributed by atoms with Gasteiger partial charge in [0, 0.05) is 6.61 Å². The Balaban J connectivity index is 2.60. The summed E-state index contributed by atoms with van der Waals surface area (Å²) in [7, 11) is 0. The molecular formula is C10H12FN3O6. The number of nitrogens with one attached hydrogen (secondary N) is 2. The largest absolute Gasteiger partial charge is 0.422 e. The maximum Gasteiger partial charge on any atom is 0.409 e. The lowest BCUT2D eigenvalue weighted by molar-refractivity contribution is -0.00955. The number of H-pyrrole nitrogens is 1. The van der Waals surface area contributed by atoms with Crippen LogP contribution in [-0.2, 0) is 9.47 Å². The molecule has 1 aromatic heterocycles. The molecule has 0 saturated carbocycles. The molecule has 10 heteroatoms. The second kappa shape index (κ2) is 7.19. The van der Waals surface area contributed by atoms with Crippen LogP contribution in [0.1, 0.15) is 11.7 Å². The first-order chi connectivity index (χ1) is 9.45. The van der Waals surface area contributed by atoms with Gasteiger partial charge in [0.1, 0.15) is 6.54 Å². The van der Waals surface area contributed by atoms with E-state index in [-0.39, 0.29) is 6.79 Å². The van der Waals surface area contributed by atoms with Crippen LogP contribution >= 0.6 is 0 Å². The molecule has 1 aromatic rings. The van der Waals surface area contributed by atoms with Gasteiger partial charge in [0.15, 0.2) is 6.79 Å². The third kappa shape index (κ3) is 4.31. The lowest BCUT2D eigenvalue weighted by atomic mass is 10.5. The van der Waals surface area contributed by atoms with E-state index in [9.17, 15) is 23.6 Å². The Labute approximate surface area is 111 Å². The molecule has 1 heterocycles. The van der Waals surface area contributed by atoms with E-state index in [2.05, 4.69) is 4.74 Å². The topological polar surface area (TPSA) is 119 Å². The zero-order valence-electron chi connectivity index (χ0n) is 10.5. The molecule has 0 saturated heterocycles. The van der Waals surface area contributed by atoms with Crippen LogP contribution in [0.4, 0.5) is 9.18 Å². The Morgan fingerprint density at radius 3 is 2.80 bits per heavy atom. The van der Waals surface area contributed by atoms with Crippen LogP contribution in [0.3, 0.4) is 0 Å². The molecule has 1 rings (SSSR count). The molecule has 0 radical (unpaired) electrons. The fourth-order valence-electron chi connectivity index (χ4n) is 1.10. The van der Waals surface area contributed by atoms with Crippen molar-refractivity contribution in [2.75, 3.05) is 19.9 Å². The van der Waals surface area contributed by atoms with Gasteiger partial charge in [0.25, 0.3) is 11.5 Å².